The van der Waals surface area contributed by atoms with Crippen LogP contribution in [0.25, 0.3) is 11.0 Å². The molecule has 34 heavy (non-hydrogen) atoms. The number of aromatic nitrogens is 2. The summed E-state index contributed by atoms with van der Waals surface area (Å²) in [5.41, 5.74) is -2.14. The summed E-state index contributed by atoms with van der Waals surface area (Å²) in [4.78, 5) is 7.37. The van der Waals surface area contributed by atoms with E-state index in [2.05, 4.69) is 9.97 Å². The summed E-state index contributed by atoms with van der Waals surface area (Å²) in [5.74, 6) is -5.46. The Bertz CT molecular complexity index is 1370. The van der Waals surface area contributed by atoms with E-state index in [-0.39, 0.29) is 21.8 Å². The van der Waals surface area contributed by atoms with Gasteiger partial charge in [-0.25, -0.2) is 18.4 Å². The maximum atomic E-state index is 14.5. The van der Waals surface area contributed by atoms with Crippen LogP contribution in [0.5, 0.6) is 5.75 Å². The molecule has 2 heterocycles. The Labute approximate surface area is 192 Å². The number of hydrogen-bond donors (Lipinski definition) is 2. The number of methoxy groups -OCH3 is 1. The van der Waals surface area contributed by atoms with Gasteiger partial charge >= 0.3 is 6.18 Å². The first kappa shape index (κ1) is 24.4. The minimum Gasteiger partial charge on any atom is -0.493 e. The highest BCUT2D eigenvalue weighted by atomic mass is 32.2. The van der Waals surface area contributed by atoms with Crippen LogP contribution in [0.15, 0.2) is 35.2 Å². The average Bonchev–Trinajstić information content (AvgIpc) is 3.28. The topological polar surface area (TPSA) is 88.1 Å². The Morgan fingerprint density at radius 3 is 2.50 bits per heavy atom. The molecule has 0 radical (unpaired) electrons. The van der Waals surface area contributed by atoms with Crippen LogP contribution in [0.3, 0.4) is 0 Å². The lowest BCUT2D eigenvalue weighted by atomic mass is 9.77. The highest BCUT2D eigenvalue weighted by molar-refractivity contribution is 7.92. The summed E-state index contributed by atoms with van der Waals surface area (Å²) in [5, 5.41) is 0. The van der Waals surface area contributed by atoms with Crippen LogP contribution in [0.1, 0.15) is 37.3 Å². The summed E-state index contributed by atoms with van der Waals surface area (Å²) < 4.78 is 102. The van der Waals surface area contributed by atoms with E-state index >= 15 is 0 Å². The molecule has 1 aliphatic rings. The first-order valence-electron chi connectivity index (χ1n) is 10.2. The first-order valence-corrected chi connectivity index (χ1v) is 12.2. The molecule has 2 aromatic carbocycles. The fraction of sp³-hybridized carbons (Fsp3) is 0.409. The molecule has 0 bridgehead atoms. The Hall–Kier alpha value is -2.73. The number of alkyl halides is 3. The first-order chi connectivity index (χ1) is 15.7. The predicted octanol–water partition coefficient (Wildman–Crippen LogP) is 5.70. The van der Waals surface area contributed by atoms with E-state index in [0.717, 1.165) is 20.1 Å². The molecule has 0 saturated carbocycles. The number of imidazole rings is 1. The third-order valence-corrected chi connectivity index (χ3v) is 7.66. The third-order valence-electron chi connectivity index (χ3n) is 6.50. The smallest absolute Gasteiger partial charge is 0.417 e. The molecular weight excluding hydrogens is 481 g/mol. The van der Waals surface area contributed by atoms with Gasteiger partial charge < -0.3 is 14.5 Å². The molecule has 12 heteroatoms. The molecule has 0 aliphatic carbocycles. The monoisotopic (exact) mass is 503 g/mol. The Morgan fingerprint density at radius 2 is 1.91 bits per heavy atom. The Morgan fingerprint density at radius 1 is 1.24 bits per heavy atom. The van der Waals surface area contributed by atoms with Crippen LogP contribution in [0.2, 0.25) is 0 Å². The lowest BCUT2D eigenvalue weighted by Crippen LogP contribution is -2.46. The van der Waals surface area contributed by atoms with E-state index in [9.17, 15) is 26.2 Å². The highest BCUT2D eigenvalue weighted by Gasteiger charge is 2.65. The minimum absolute atomic E-state index is 0.00710. The van der Waals surface area contributed by atoms with Crippen molar-refractivity contribution in [2.24, 2.45) is 5.92 Å². The van der Waals surface area contributed by atoms with Gasteiger partial charge in [-0.15, -0.1) is 0 Å². The molecule has 1 aliphatic heterocycles. The molecule has 3 aromatic rings. The van der Waals surface area contributed by atoms with Crippen molar-refractivity contribution in [3.8, 4) is 5.75 Å². The van der Waals surface area contributed by atoms with Crippen LogP contribution in [-0.2, 0) is 14.5 Å². The van der Waals surface area contributed by atoms with E-state index in [1.165, 1.54) is 25.3 Å². The number of para-hydroxylation sites is 1. The molecule has 1 saturated heterocycles. The Balaban J connectivity index is 1.96. The summed E-state index contributed by atoms with van der Waals surface area (Å²) >= 11 is 0. The molecule has 0 spiro atoms. The summed E-state index contributed by atoms with van der Waals surface area (Å²) in [6, 6.07) is 6.58. The fourth-order valence-electron chi connectivity index (χ4n) is 4.52. The standard InChI is InChI=1S/C22H22F5N3O3S/c1-10-15(11-8-9-12(23)16(24)18(11)32-3)19(33-21(10,2)22(25,26)27)20-29-13-6-5-7-14(17(13)30-20)34(4,28)31/h5-10,15,19,28H,1-4H3,(H,29,30)/t10-,15-,19+,21+,34+/m0/s1. The SMILES string of the molecule is COc1c([C@H]2[C@H](c3nc4c([S@](C)(=N)=O)cccc4[nH]3)O[C@@](C)(C(F)(F)F)[C@H]2C)ccc(F)c1F. The number of H-pyrrole nitrogens is 1. The average molecular weight is 503 g/mol. The number of halogens is 5. The van der Waals surface area contributed by atoms with Gasteiger partial charge in [0.2, 0.25) is 5.82 Å². The van der Waals surface area contributed by atoms with Crippen LogP contribution >= 0.6 is 0 Å². The molecular formula is C22H22F5N3O3S. The van der Waals surface area contributed by atoms with Gasteiger partial charge in [0.1, 0.15) is 17.4 Å². The number of fused-ring (bicyclic) bond motifs is 1. The van der Waals surface area contributed by atoms with Crippen molar-refractivity contribution in [1.29, 1.82) is 4.78 Å². The predicted molar refractivity (Wildman–Crippen MR) is 114 cm³/mol. The number of aromatic amines is 1. The number of nitrogens with one attached hydrogen (secondary N) is 2. The molecule has 4 rings (SSSR count). The Kier molecular flexibility index (Phi) is 5.67. The molecule has 2 N–H and O–H groups in total. The molecule has 184 valence electrons. The van der Waals surface area contributed by atoms with E-state index in [4.69, 9.17) is 14.3 Å². The third kappa shape index (κ3) is 3.63. The van der Waals surface area contributed by atoms with Gasteiger partial charge in [0.25, 0.3) is 0 Å². The van der Waals surface area contributed by atoms with Crippen LogP contribution in [-0.4, -0.2) is 39.3 Å². The quantitative estimate of drug-likeness (QED) is 0.448. The molecule has 6 nitrogen and oxygen atoms in total. The van der Waals surface area contributed by atoms with E-state index in [0.29, 0.717) is 5.52 Å². The van der Waals surface area contributed by atoms with Gasteiger partial charge in [0.05, 0.1) is 27.3 Å². The number of rotatable bonds is 4. The van der Waals surface area contributed by atoms with Gasteiger partial charge in [-0.1, -0.05) is 19.1 Å². The lowest BCUT2D eigenvalue weighted by Gasteiger charge is -2.32. The number of hydrogen-bond acceptors (Lipinski definition) is 5. The summed E-state index contributed by atoms with van der Waals surface area (Å²) in [6.45, 7) is 2.21. The van der Waals surface area contributed by atoms with Crippen LogP contribution in [0.4, 0.5) is 22.0 Å². The second-order valence-electron chi connectivity index (χ2n) is 8.56. The zero-order valence-corrected chi connectivity index (χ0v) is 19.4. The van der Waals surface area contributed by atoms with Crippen molar-refractivity contribution in [2.75, 3.05) is 13.4 Å². The highest BCUT2D eigenvalue weighted by Crippen LogP contribution is 2.59. The van der Waals surface area contributed by atoms with Crippen molar-refractivity contribution >= 4 is 20.8 Å². The van der Waals surface area contributed by atoms with E-state index in [1.54, 1.807) is 12.1 Å². The molecule has 0 unspecified atom stereocenters. The van der Waals surface area contributed by atoms with Crippen LogP contribution in [0, 0.1) is 22.3 Å². The molecule has 1 aromatic heterocycles. The van der Waals surface area contributed by atoms with Gasteiger partial charge in [-0.3, -0.25) is 0 Å². The number of nitrogens with zero attached hydrogens (tertiary/aromatic N) is 1. The van der Waals surface area contributed by atoms with Gasteiger partial charge in [-0.2, -0.15) is 17.6 Å². The zero-order chi connectivity index (χ0) is 25.2. The minimum atomic E-state index is -4.79. The van der Waals surface area contributed by atoms with Crippen molar-refractivity contribution in [3.05, 3.63) is 53.4 Å². The molecule has 5 atom stereocenters. The molecule has 0 amide bonds. The summed E-state index contributed by atoms with van der Waals surface area (Å²) in [6.07, 6.45) is -4.94. The van der Waals surface area contributed by atoms with Crippen molar-refractivity contribution < 1.29 is 35.6 Å². The second kappa shape index (κ2) is 7.91. The number of benzene rings is 2. The van der Waals surface area contributed by atoms with Gasteiger partial charge in [0, 0.05) is 23.7 Å². The van der Waals surface area contributed by atoms with Crippen molar-refractivity contribution in [2.45, 2.75) is 42.5 Å². The summed E-state index contributed by atoms with van der Waals surface area (Å²) in [7, 11) is -2.10. The lowest BCUT2D eigenvalue weighted by molar-refractivity contribution is -0.275. The number of ether oxygens (including phenoxy) is 2. The van der Waals surface area contributed by atoms with Crippen molar-refractivity contribution in [3.63, 3.8) is 0 Å². The van der Waals surface area contributed by atoms with Gasteiger partial charge in [-0.05, 0) is 25.1 Å². The van der Waals surface area contributed by atoms with Crippen LogP contribution < -0.4 is 4.74 Å². The second-order valence-corrected chi connectivity index (χ2v) is 10.7. The maximum absolute atomic E-state index is 14.5. The largest absolute Gasteiger partial charge is 0.493 e. The van der Waals surface area contributed by atoms with E-state index in [1.807, 2.05) is 0 Å². The maximum Gasteiger partial charge on any atom is 0.417 e. The normalized spacial score (nSPS) is 27.1. The molecule has 1 fully saturated rings. The zero-order valence-electron chi connectivity index (χ0n) is 18.6. The van der Waals surface area contributed by atoms with Gasteiger partial charge in [0.15, 0.2) is 17.2 Å². The van der Waals surface area contributed by atoms with E-state index < -0.39 is 56.8 Å². The fourth-order valence-corrected chi connectivity index (χ4v) is 5.39. The van der Waals surface area contributed by atoms with Crippen molar-refractivity contribution in [1.82, 2.24) is 9.97 Å².